The van der Waals surface area contributed by atoms with Gasteiger partial charge >= 0.3 is 0 Å². The number of carbonyl (C=O) groups is 1. The van der Waals surface area contributed by atoms with Crippen LogP contribution in [-0.2, 0) is 16.1 Å². The first kappa shape index (κ1) is 31.2. The number of ether oxygens (including phenoxy) is 1. The van der Waals surface area contributed by atoms with Crippen LogP contribution in [0.2, 0.25) is 0 Å². The van der Waals surface area contributed by atoms with Gasteiger partial charge in [0, 0.05) is 38.3 Å². The van der Waals surface area contributed by atoms with Gasteiger partial charge in [0.1, 0.15) is 5.82 Å². The van der Waals surface area contributed by atoms with E-state index in [1.807, 2.05) is 44.0 Å². The fourth-order valence-electron chi connectivity index (χ4n) is 4.94. The molecule has 40 heavy (non-hydrogen) atoms. The molecule has 0 saturated heterocycles. The van der Waals surface area contributed by atoms with Crippen molar-refractivity contribution in [3.8, 4) is 0 Å². The van der Waals surface area contributed by atoms with E-state index in [4.69, 9.17) is 4.74 Å². The van der Waals surface area contributed by atoms with Crippen LogP contribution in [0.5, 0.6) is 0 Å². The molecule has 1 aliphatic rings. The summed E-state index contributed by atoms with van der Waals surface area (Å²) in [5.41, 5.74) is 5.09. The Bertz CT molecular complexity index is 1200. The molecule has 0 saturated carbocycles. The maximum atomic E-state index is 14.1. The number of aliphatic imine (C=N–C) groups is 1. The van der Waals surface area contributed by atoms with Crippen LogP contribution in [0, 0.1) is 5.92 Å². The fourth-order valence-corrected chi connectivity index (χ4v) is 4.94. The smallest absolute Gasteiger partial charge is 0.262 e. The lowest BCUT2D eigenvalue weighted by molar-refractivity contribution is -0.114. The summed E-state index contributed by atoms with van der Waals surface area (Å²) in [7, 11) is 2.03. The Morgan fingerprint density at radius 3 is 2.50 bits per heavy atom. The minimum absolute atomic E-state index is 0.0112. The van der Waals surface area contributed by atoms with Crippen molar-refractivity contribution in [1.29, 1.82) is 0 Å². The summed E-state index contributed by atoms with van der Waals surface area (Å²) in [4.78, 5) is 22.6. The third-order valence-electron chi connectivity index (χ3n) is 7.76. The molecule has 0 radical (unpaired) electrons. The zero-order chi connectivity index (χ0) is 29.1. The van der Waals surface area contributed by atoms with Gasteiger partial charge in [0.2, 0.25) is 0 Å². The molecule has 1 amide bonds. The lowest BCUT2D eigenvalue weighted by atomic mass is 9.86. The molecule has 2 aromatic rings. The number of amidine groups is 1. The monoisotopic (exact) mass is 544 g/mol. The number of allylic oxidation sites excluding steroid dienone is 1. The number of anilines is 1. The van der Waals surface area contributed by atoms with Crippen LogP contribution >= 0.6 is 0 Å². The molecule has 0 spiro atoms. The van der Waals surface area contributed by atoms with E-state index >= 15 is 0 Å². The van der Waals surface area contributed by atoms with Crippen molar-refractivity contribution < 1.29 is 9.53 Å². The SMILES string of the molecule is CCN=C(C)NC1=C(/C=C(/C)CC)C(=O)N(c2cccc(COCC(c3ccccc3)C(C)CC)c2)CCN1C. The lowest BCUT2D eigenvalue weighted by Crippen LogP contribution is -2.34. The molecule has 2 atom stereocenters. The van der Waals surface area contributed by atoms with Gasteiger partial charge in [0.05, 0.1) is 24.6 Å². The van der Waals surface area contributed by atoms with E-state index in [0.29, 0.717) is 50.3 Å². The highest BCUT2D eigenvalue weighted by Gasteiger charge is 2.28. The Morgan fingerprint density at radius 1 is 1.07 bits per heavy atom. The highest BCUT2D eigenvalue weighted by atomic mass is 16.5. The highest BCUT2D eigenvalue weighted by molar-refractivity contribution is 6.08. The zero-order valence-electron chi connectivity index (χ0n) is 25.5. The summed E-state index contributed by atoms with van der Waals surface area (Å²) in [6, 6.07) is 18.9. The van der Waals surface area contributed by atoms with Crippen LogP contribution in [0.15, 0.2) is 82.6 Å². The van der Waals surface area contributed by atoms with Crippen molar-refractivity contribution in [2.75, 3.05) is 38.2 Å². The first-order valence-electron chi connectivity index (χ1n) is 14.7. The third kappa shape index (κ3) is 8.31. The van der Waals surface area contributed by atoms with Gasteiger partial charge in [-0.2, -0.15) is 0 Å². The van der Waals surface area contributed by atoms with Crippen LogP contribution in [0.25, 0.3) is 0 Å². The van der Waals surface area contributed by atoms with Crippen LogP contribution in [-0.4, -0.2) is 49.9 Å². The van der Waals surface area contributed by atoms with Gasteiger partial charge in [0.15, 0.2) is 0 Å². The van der Waals surface area contributed by atoms with Crippen LogP contribution in [0.4, 0.5) is 5.69 Å². The molecule has 6 nitrogen and oxygen atoms in total. The number of hydrogen-bond acceptors (Lipinski definition) is 4. The summed E-state index contributed by atoms with van der Waals surface area (Å²) in [6.45, 7) is 15.8. The predicted octanol–water partition coefficient (Wildman–Crippen LogP) is 6.91. The van der Waals surface area contributed by atoms with Gasteiger partial charge < -0.3 is 19.9 Å². The molecule has 2 unspecified atom stereocenters. The average Bonchev–Trinajstić information content (AvgIpc) is 3.07. The predicted molar refractivity (Wildman–Crippen MR) is 168 cm³/mol. The number of likely N-dealkylation sites (N-methyl/N-ethyl adjacent to an activating group) is 1. The number of nitrogens with zero attached hydrogens (tertiary/aromatic N) is 3. The Balaban J connectivity index is 1.84. The average molecular weight is 545 g/mol. The second-order valence-corrected chi connectivity index (χ2v) is 10.8. The van der Waals surface area contributed by atoms with Gasteiger partial charge in [-0.05, 0) is 62.4 Å². The molecule has 0 bridgehead atoms. The summed E-state index contributed by atoms with van der Waals surface area (Å²) in [5, 5.41) is 3.41. The van der Waals surface area contributed by atoms with E-state index in [9.17, 15) is 4.79 Å². The molecule has 1 heterocycles. The largest absolute Gasteiger partial charge is 0.376 e. The number of carbonyl (C=O) groups excluding carboxylic acids is 1. The van der Waals surface area contributed by atoms with E-state index in [2.05, 4.69) is 85.4 Å². The van der Waals surface area contributed by atoms with Gasteiger partial charge in [-0.1, -0.05) is 75.2 Å². The van der Waals surface area contributed by atoms with Gasteiger partial charge in [-0.15, -0.1) is 0 Å². The molecule has 2 aromatic carbocycles. The van der Waals surface area contributed by atoms with E-state index in [1.54, 1.807) is 0 Å². The molecule has 0 aromatic heterocycles. The molecule has 0 fully saturated rings. The molecule has 0 aliphatic carbocycles. The highest BCUT2D eigenvalue weighted by Crippen LogP contribution is 2.28. The molecule has 1 N–H and O–H groups in total. The van der Waals surface area contributed by atoms with E-state index in [0.717, 1.165) is 41.3 Å². The van der Waals surface area contributed by atoms with Crippen LogP contribution < -0.4 is 10.2 Å². The quantitative estimate of drug-likeness (QED) is 0.233. The first-order chi connectivity index (χ1) is 19.3. The fraction of sp³-hybridized carbons (Fsp3) is 0.471. The molecule has 1 aliphatic heterocycles. The Labute approximate surface area is 241 Å². The topological polar surface area (TPSA) is 57.2 Å². The number of hydrogen-bond donors (Lipinski definition) is 1. The summed E-state index contributed by atoms with van der Waals surface area (Å²) >= 11 is 0. The van der Waals surface area contributed by atoms with Crippen molar-refractivity contribution in [3.05, 3.63) is 88.8 Å². The standard InChI is InChI=1S/C34H48N4O2/c1-8-25(4)21-31-33(36-27(6)35-10-3)37(7)19-20-38(34(31)39)30-18-14-15-28(22-30)23-40-24-32(26(5)9-2)29-16-12-11-13-17-29/h11-18,21-22,26,32H,8-10,19-20,23-24H2,1-7H3,(H,35,36)/b25-21-. The number of amides is 1. The second kappa shape index (κ2) is 15.4. The minimum atomic E-state index is -0.0112. The Morgan fingerprint density at radius 2 is 1.82 bits per heavy atom. The third-order valence-corrected chi connectivity index (χ3v) is 7.76. The van der Waals surface area contributed by atoms with Crippen molar-refractivity contribution in [1.82, 2.24) is 10.2 Å². The van der Waals surface area contributed by atoms with Crippen molar-refractivity contribution in [3.63, 3.8) is 0 Å². The molecule has 216 valence electrons. The first-order valence-corrected chi connectivity index (χ1v) is 14.7. The minimum Gasteiger partial charge on any atom is -0.376 e. The summed E-state index contributed by atoms with van der Waals surface area (Å²) in [5.74, 6) is 2.47. The number of rotatable bonds is 12. The van der Waals surface area contributed by atoms with E-state index in [1.165, 1.54) is 5.56 Å². The maximum Gasteiger partial charge on any atom is 0.262 e. The van der Waals surface area contributed by atoms with E-state index in [-0.39, 0.29) is 5.91 Å². The van der Waals surface area contributed by atoms with Crippen LogP contribution in [0.3, 0.4) is 0 Å². The lowest BCUT2D eigenvalue weighted by Gasteiger charge is -2.24. The van der Waals surface area contributed by atoms with E-state index < -0.39 is 0 Å². The second-order valence-electron chi connectivity index (χ2n) is 10.8. The van der Waals surface area contributed by atoms with Gasteiger partial charge in [-0.25, -0.2) is 0 Å². The summed E-state index contributed by atoms with van der Waals surface area (Å²) in [6.07, 6.45) is 4.00. The van der Waals surface area contributed by atoms with Crippen molar-refractivity contribution in [2.24, 2.45) is 10.9 Å². The molecular formula is C34H48N4O2. The Kier molecular flexibility index (Phi) is 12.0. The van der Waals surface area contributed by atoms with Crippen molar-refractivity contribution >= 4 is 17.4 Å². The number of nitrogens with one attached hydrogen (secondary N) is 1. The summed E-state index contributed by atoms with van der Waals surface area (Å²) < 4.78 is 6.29. The maximum absolute atomic E-state index is 14.1. The zero-order valence-corrected chi connectivity index (χ0v) is 25.5. The van der Waals surface area contributed by atoms with Gasteiger partial charge in [0.25, 0.3) is 5.91 Å². The number of benzene rings is 2. The molecule has 3 rings (SSSR count). The molecular weight excluding hydrogens is 496 g/mol. The normalized spacial score (nSPS) is 16.7. The Hall–Kier alpha value is -3.38. The van der Waals surface area contributed by atoms with Crippen LogP contribution in [0.1, 0.15) is 71.4 Å². The molecule has 6 heteroatoms. The van der Waals surface area contributed by atoms with Crippen molar-refractivity contribution in [2.45, 2.75) is 66.9 Å². The van der Waals surface area contributed by atoms with Gasteiger partial charge in [-0.3, -0.25) is 9.79 Å².